The second kappa shape index (κ2) is 11.4. The summed E-state index contributed by atoms with van der Waals surface area (Å²) in [4.78, 5) is 15.3. The minimum Gasteiger partial charge on any atom is -0.246 e. The van der Waals surface area contributed by atoms with Crippen LogP contribution in [0.25, 0.3) is 87.4 Å². The Hall–Kier alpha value is -5.97. The summed E-state index contributed by atoms with van der Waals surface area (Å²) in [6.07, 6.45) is 0. The van der Waals surface area contributed by atoms with Gasteiger partial charge in [0.15, 0.2) is 5.82 Å². The van der Waals surface area contributed by atoms with Gasteiger partial charge in [0.25, 0.3) is 0 Å². The molecule has 3 heterocycles. The van der Waals surface area contributed by atoms with Gasteiger partial charge in [-0.2, -0.15) is 0 Å². The molecule has 6 aromatic carbocycles. The molecule has 0 saturated heterocycles. The zero-order valence-corrected chi connectivity index (χ0v) is 26.2. The van der Waals surface area contributed by atoms with Gasteiger partial charge in [0.1, 0.15) is 0 Å². The highest BCUT2D eigenvalue weighted by molar-refractivity contribution is 7.26. The molecule has 220 valence electrons. The molecule has 0 spiro atoms. The number of hydrogen-bond donors (Lipinski definition) is 0. The molecule has 0 bridgehead atoms. The highest BCUT2D eigenvalue weighted by atomic mass is 32.1. The van der Waals surface area contributed by atoms with Crippen LogP contribution in [0.2, 0.25) is 0 Å². The second-order valence-corrected chi connectivity index (χ2v) is 12.7. The third-order valence-electron chi connectivity index (χ3n) is 8.70. The lowest BCUT2D eigenvalue weighted by molar-refractivity contribution is 1.18. The molecule has 0 atom stereocenters. The average Bonchev–Trinajstić information content (AvgIpc) is 3.55. The van der Waals surface area contributed by atoms with E-state index in [1.54, 1.807) is 0 Å². The van der Waals surface area contributed by atoms with Crippen LogP contribution in [0.5, 0.6) is 0 Å². The molecule has 47 heavy (non-hydrogen) atoms. The van der Waals surface area contributed by atoms with E-state index in [1.807, 2.05) is 47.7 Å². The van der Waals surface area contributed by atoms with Crippen LogP contribution in [0, 0.1) is 0 Å². The third-order valence-corrected chi connectivity index (χ3v) is 9.88. The van der Waals surface area contributed by atoms with Crippen molar-refractivity contribution < 1.29 is 0 Å². The topological polar surface area (TPSA) is 38.7 Å². The molecular formula is C43H27N3S. The molecule has 3 aromatic heterocycles. The molecule has 3 nitrogen and oxygen atoms in total. The van der Waals surface area contributed by atoms with E-state index >= 15 is 0 Å². The number of pyridine rings is 1. The van der Waals surface area contributed by atoms with Crippen molar-refractivity contribution in [2.75, 3.05) is 0 Å². The van der Waals surface area contributed by atoms with Crippen LogP contribution in [-0.2, 0) is 0 Å². The quantitative estimate of drug-likeness (QED) is 0.193. The van der Waals surface area contributed by atoms with Crippen molar-refractivity contribution in [3.05, 3.63) is 164 Å². The zero-order chi connectivity index (χ0) is 31.2. The lowest BCUT2D eigenvalue weighted by atomic mass is 9.98. The fourth-order valence-corrected chi connectivity index (χ4v) is 7.59. The van der Waals surface area contributed by atoms with Crippen LogP contribution in [0.1, 0.15) is 0 Å². The number of benzene rings is 6. The van der Waals surface area contributed by atoms with Gasteiger partial charge in [-0.1, -0.05) is 146 Å². The SMILES string of the molecule is c1ccc(-c2cc(-c3ccccc3)nc(-c3ccc(-c4ccc5c(c4)nc(-c4ccccc4)c4sc6ccccc6c45)cc3)n2)cc1. The average molecular weight is 618 g/mol. The van der Waals surface area contributed by atoms with Crippen LogP contribution < -0.4 is 0 Å². The molecule has 0 N–H and O–H groups in total. The number of thiophene rings is 1. The van der Waals surface area contributed by atoms with E-state index in [0.717, 1.165) is 56.0 Å². The largest absolute Gasteiger partial charge is 0.246 e. The summed E-state index contributed by atoms with van der Waals surface area (Å²) in [7, 11) is 0. The van der Waals surface area contributed by atoms with Crippen molar-refractivity contribution in [1.82, 2.24) is 15.0 Å². The number of fused-ring (bicyclic) bond motifs is 5. The molecule has 0 unspecified atom stereocenters. The standard InChI is InChI=1S/C43H27N3S/c1-4-12-29(13-5-1)36-27-37(30-14-6-2-7-15-30)46-43(45-36)32-22-20-28(21-23-32)33-24-25-34-38(26-33)44-41(31-16-8-3-9-17-31)42-40(34)35-18-10-11-19-39(35)47-42/h1-27H. The minimum atomic E-state index is 0.705. The first-order valence-electron chi connectivity index (χ1n) is 15.7. The maximum absolute atomic E-state index is 5.29. The van der Waals surface area contributed by atoms with E-state index in [4.69, 9.17) is 15.0 Å². The lowest BCUT2D eigenvalue weighted by Gasteiger charge is -2.11. The molecule has 4 heteroatoms. The van der Waals surface area contributed by atoms with Crippen molar-refractivity contribution >= 4 is 42.4 Å². The highest BCUT2D eigenvalue weighted by Gasteiger charge is 2.17. The summed E-state index contributed by atoms with van der Waals surface area (Å²) in [6.45, 7) is 0. The maximum atomic E-state index is 5.29. The smallest absolute Gasteiger partial charge is 0.160 e. The molecule has 0 saturated carbocycles. The van der Waals surface area contributed by atoms with Gasteiger partial charge in [-0.05, 0) is 29.3 Å². The molecule has 9 rings (SSSR count). The summed E-state index contributed by atoms with van der Waals surface area (Å²) in [5.74, 6) is 0.705. The third kappa shape index (κ3) is 4.96. The Morgan fingerprint density at radius 1 is 0.383 bits per heavy atom. The van der Waals surface area contributed by atoms with E-state index in [9.17, 15) is 0 Å². The second-order valence-electron chi connectivity index (χ2n) is 11.6. The van der Waals surface area contributed by atoms with Gasteiger partial charge in [0.2, 0.25) is 0 Å². The molecule has 0 fully saturated rings. The van der Waals surface area contributed by atoms with Crippen LogP contribution in [-0.4, -0.2) is 15.0 Å². The van der Waals surface area contributed by atoms with E-state index < -0.39 is 0 Å². The van der Waals surface area contributed by atoms with Crippen molar-refractivity contribution in [2.24, 2.45) is 0 Å². The van der Waals surface area contributed by atoms with E-state index in [1.165, 1.54) is 25.6 Å². The predicted octanol–water partition coefficient (Wildman–Crippen LogP) is 11.7. The predicted molar refractivity (Wildman–Crippen MR) is 197 cm³/mol. The van der Waals surface area contributed by atoms with Crippen molar-refractivity contribution in [2.45, 2.75) is 0 Å². The first kappa shape index (κ1) is 27.3. The molecule has 0 radical (unpaired) electrons. The number of rotatable bonds is 5. The summed E-state index contributed by atoms with van der Waals surface area (Å²) in [6, 6.07) is 57.1. The number of hydrogen-bond acceptors (Lipinski definition) is 4. The summed E-state index contributed by atoms with van der Waals surface area (Å²) >= 11 is 1.82. The summed E-state index contributed by atoms with van der Waals surface area (Å²) in [5, 5.41) is 3.74. The van der Waals surface area contributed by atoms with E-state index in [-0.39, 0.29) is 0 Å². The van der Waals surface area contributed by atoms with Gasteiger partial charge in [-0.3, -0.25) is 0 Å². The Bertz CT molecular complexity index is 2480. The van der Waals surface area contributed by atoms with Gasteiger partial charge >= 0.3 is 0 Å². The molecule has 0 amide bonds. The van der Waals surface area contributed by atoms with Gasteiger partial charge in [-0.15, -0.1) is 11.3 Å². The highest BCUT2D eigenvalue weighted by Crippen LogP contribution is 2.43. The fraction of sp³-hybridized carbons (Fsp3) is 0. The van der Waals surface area contributed by atoms with E-state index in [2.05, 4.69) is 127 Å². The first-order valence-corrected chi connectivity index (χ1v) is 16.5. The van der Waals surface area contributed by atoms with Crippen LogP contribution in [0.3, 0.4) is 0 Å². The lowest BCUT2D eigenvalue weighted by Crippen LogP contribution is -1.96. The molecule has 0 aliphatic heterocycles. The fourth-order valence-electron chi connectivity index (χ4n) is 6.36. The van der Waals surface area contributed by atoms with E-state index in [0.29, 0.717) is 5.82 Å². The maximum Gasteiger partial charge on any atom is 0.160 e. The molecular weight excluding hydrogens is 591 g/mol. The normalized spacial score (nSPS) is 11.4. The van der Waals surface area contributed by atoms with Gasteiger partial charge in [-0.25, -0.2) is 15.0 Å². The Labute approximate surface area is 276 Å². The summed E-state index contributed by atoms with van der Waals surface area (Å²) in [5.41, 5.74) is 10.3. The van der Waals surface area contributed by atoms with Gasteiger partial charge in [0, 0.05) is 43.1 Å². The summed E-state index contributed by atoms with van der Waals surface area (Å²) < 4.78 is 2.51. The van der Waals surface area contributed by atoms with Crippen molar-refractivity contribution in [3.63, 3.8) is 0 Å². The minimum absolute atomic E-state index is 0.705. The first-order chi connectivity index (χ1) is 23.3. The van der Waals surface area contributed by atoms with Gasteiger partial charge < -0.3 is 0 Å². The number of nitrogens with zero attached hydrogens (tertiary/aromatic N) is 3. The molecule has 0 aliphatic rings. The van der Waals surface area contributed by atoms with Crippen LogP contribution >= 0.6 is 11.3 Å². The zero-order valence-electron chi connectivity index (χ0n) is 25.3. The van der Waals surface area contributed by atoms with Gasteiger partial charge in [0.05, 0.1) is 27.3 Å². The Kier molecular flexibility index (Phi) is 6.65. The number of aromatic nitrogens is 3. The van der Waals surface area contributed by atoms with Crippen LogP contribution in [0.15, 0.2) is 164 Å². The Morgan fingerprint density at radius 2 is 0.936 bits per heavy atom. The van der Waals surface area contributed by atoms with Crippen molar-refractivity contribution in [1.29, 1.82) is 0 Å². The van der Waals surface area contributed by atoms with Crippen molar-refractivity contribution in [3.8, 4) is 56.3 Å². The van der Waals surface area contributed by atoms with Crippen LogP contribution in [0.4, 0.5) is 0 Å². The molecule has 0 aliphatic carbocycles. The Balaban J connectivity index is 1.15. The molecule has 9 aromatic rings. The monoisotopic (exact) mass is 617 g/mol. The Morgan fingerprint density at radius 3 is 1.60 bits per heavy atom.